The highest BCUT2D eigenvalue weighted by molar-refractivity contribution is 6.03. The smallest absolute Gasteiger partial charge is 0.412 e. The number of rotatable bonds is 23. The summed E-state index contributed by atoms with van der Waals surface area (Å²) in [4.78, 5) is 35.8. The van der Waals surface area contributed by atoms with Gasteiger partial charge in [0.15, 0.2) is 0 Å². The maximum absolute atomic E-state index is 14.5. The van der Waals surface area contributed by atoms with Crippen LogP contribution in [0.2, 0.25) is 0 Å². The van der Waals surface area contributed by atoms with Gasteiger partial charge in [-0.05, 0) is 99.6 Å². The third-order valence-electron chi connectivity index (χ3n) is 12.2. The summed E-state index contributed by atoms with van der Waals surface area (Å²) in [6, 6.07) is 24.2. The van der Waals surface area contributed by atoms with Crippen molar-refractivity contribution in [2.75, 3.05) is 39.6 Å². The summed E-state index contributed by atoms with van der Waals surface area (Å²) in [6.45, 7) is 13.4. The van der Waals surface area contributed by atoms with Crippen molar-refractivity contribution < 1.29 is 48.3 Å². The molecular formula is C52H69N3O10. The molecule has 65 heavy (non-hydrogen) atoms. The minimum absolute atomic E-state index is 0.0117. The molecule has 13 heteroatoms. The molecule has 2 aliphatic carbocycles. The molecule has 3 aliphatic rings. The van der Waals surface area contributed by atoms with Gasteiger partial charge in [-0.25, -0.2) is 9.59 Å². The van der Waals surface area contributed by atoms with Gasteiger partial charge in [-0.1, -0.05) is 97.7 Å². The van der Waals surface area contributed by atoms with E-state index in [0.717, 1.165) is 47.9 Å². The summed E-state index contributed by atoms with van der Waals surface area (Å²) in [5.74, 6) is -1.38. The quantitative estimate of drug-likeness (QED) is 0.0476. The van der Waals surface area contributed by atoms with Gasteiger partial charge in [0.25, 0.3) is 0 Å². The second kappa shape index (κ2) is 23.8. The van der Waals surface area contributed by atoms with Crippen LogP contribution >= 0.6 is 0 Å². The predicted octanol–water partition coefficient (Wildman–Crippen LogP) is 9.47. The SMILES string of the molecule is C=CCOC12Oc3ccc(OC(=O)NCc4ccccc4)cc3C3C(CCCCO)C(CCCCO)C=C(C(=NOC(C)(C)C)CC1N(CCC)C(=O)OCCOCc1ccccc1)C32. The van der Waals surface area contributed by atoms with E-state index in [0.29, 0.717) is 56.2 Å². The Morgan fingerprint density at radius 3 is 2.34 bits per heavy atom. The fourth-order valence-electron chi connectivity index (χ4n) is 9.47. The van der Waals surface area contributed by atoms with Gasteiger partial charge in [0.1, 0.15) is 29.7 Å². The first kappa shape index (κ1) is 49.2. The Kier molecular flexibility index (Phi) is 18.0. The molecule has 6 unspecified atom stereocenters. The molecule has 6 rings (SSSR count). The van der Waals surface area contributed by atoms with Crippen molar-refractivity contribution in [2.24, 2.45) is 22.9 Å². The Labute approximate surface area is 384 Å². The van der Waals surface area contributed by atoms with Gasteiger partial charge < -0.3 is 44.1 Å². The van der Waals surface area contributed by atoms with E-state index < -0.39 is 35.5 Å². The molecule has 3 aromatic rings. The topological polar surface area (TPSA) is 158 Å². The van der Waals surface area contributed by atoms with Gasteiger partial charge in [-0.2, -0.15) is 0 Å². The van der Waals surface area contributed by atoms with Gasteiger partial charge in [-0.3, -0.25) is 4.90 Å². The minimum Gasteiger partial charge on any atom is -0.459 e. The highest BCUT2D eigenvalue weighted by Crippen LogP contribution is 2.62. The number of carbonyl (C=O) groups is 2. The zero-order valence-corrected chi connectivity index (χ0v) is 38.6. The molecule has 1 fully saturated rings. The van der Waals surface area contributed by atoms with Crippen molar-refractivity contribution in [1.82, 2.24) is 10.2 Å². The average Bonchev–Trinajstić information content (AvgIpc) is 3.30. The second-order valence-corrected chi connectivity index (χ2v) is 18.1. The number of allylic oxidation sites excluding steroid dienone is 1. The molecule has 3 N–H and O–H groups in total. The lowest BCUT2D eigenvalue weighted by molar-refractivity contribution is -0.255. The predicted molar refractivity (Wildman–Crippen MR) is 250 cm³/mol. The van der Waals surface area contributed by atoms with E-state index in [4.69, 9.17) is 33.7 Å². The number of amides is 2. The van der Waals surface area contributed by atoms with E-state index in [1.165, 1.54) is 0 Å². The Morgan fingerprint density at radius 2 is 1.66 bits per heavy atom. The third kappa shape index (κ3) is 12.8. The van der Waals surface area contributed by atoms with Gasteiger partial charge in [-0.15, -0.1) is 6.58 Å². The summed E-state index contributed by atoms with van der Waals surface area (Å²) in [5, 5.41) is 27.7. The molecule has 13 nitrogen and oxygen atoms in total. The first-order valence-electron chi connectivity index (χ1n) is 23.3. The number of ether oxygens (including phenoxy) is 5. The zero-order valence-electron chi connectivity index (χ0n) is 38.6. The van der Waals surface area contributed by atoms with Crippen LogP contribution in [0.5, 0.6) is 11.5 Å². The Hall–Kier alpha value is -5.21. The molecule has 0 spiro atoms. The molecule has 6 atom stereocenters. The number of aliphatic hydroxyl groups excluding tert-OH is 2. The van der Waals surface area contributed by atoms with E-state index in [1.54, 1.807) is 17.0 Å². The van der Waals surface area contributed by atoms with E-state index in [-0.39, 0.29) is 57.2 Å². The Balaban J connectivity index is 1.45. The zero-order chi connectivity index (χ0) is 46.2. The van der Waals surface area contributed by atoms with Crippen molar-refractivity contribution in [3.63, 3.8) is 0 Å². The largest absolute Gasteiger partial charge is 0.459 e. The molecule has 2 amide bonds. The van der Waals surface area contributed by atoms with Crippen LogP contribution in [-0.2, 0) is 32.2 Å². The normalized spacial score (nSPS) is 22.7. The van der Waals surface area contributed by atoms with Crippen molar-refractivity contribution in [3.8, 4) is 11.5 Å². The Morgan fingerprint density at radius 1 is 0.954 bits per heavy atom. The number of hydrogen-bond acceptors (Lipinski definition) is 11. The van der Waals surface area contributed by atoms with Crippen LogP contribution in [0, 0.1) is 17.8 Å². The molecule has 3 aromatic carbocycles. The molecule has 0 radical (unpaired) electrons. The first-order chi connectivity index (χ1) is 31.5. The number of benzene rings is 3. The van der Waals surface area contributed by atoms with Gasteiger partial charge >= 0.3 is 12.2 Å². The fourth-order valence-corrected chi connectivity index (χ4v) is 9.47. The number of unbranched alkanes of at least 4 members (excludes halogenated alkanes) is 2. The van der Waals surface area contributed by atoms with Gasteiger partial charge in [0, 0.05) is 44.2 Å². The monoisotopic (exact) mass is 895 g/mol. The number of hydrogen-bond donors (Lipinski definition) is 3. The second-order valence-electron chi connectivity index (χ2n) is 18.1. The van der Waals surface area contributed by atoms with Crippen molar-refractivity contribution in [3.05, 3.63) is 120 Å². The van der Waals surface area contributed by atoms with Crippen LogP contribution in [0.15, 0.2) is 108 Å². The summed E-state index contributed by atoms with van der Waals surface area (Å²) in [6.07, 6.45) is 8.11. The van der Waals surface area contributed by atoms with Crippen LogP contribution in [0.1, 0.15) is 102 Å². The molecular weight excluding hydrogens is 827 g/mol. The van der Waals surface area contributed by atoms with Crippen LogP contribution in [-0.4, -0.2) is 90.0 Å². The lowest BCUT2D eigenvalue weighted by Crippen LogP contribution is -2.70. The van der Waals surface area contributed by atoms with E-state index >= 15 is 0 Å². The number of oxime groups is 1. The van der Waals surface area contributed by atoms with Gasteiger partial charge in [0.2, 0.25) is 5.79 Å². The lowest BCUT2D eigenvalue weighted by atomic mass is 9.55. The van der Waals surface area contributed by atoms with Crippen molar-refractivity contribution in [1.29, 1.82) is 0 Å². The van der Waals surface area contributed by atoms with Crippen LogP contribution in [0.3, 0.4) is 0 Å². The van der Waals surface area contributed by atoms with E-state index in [9.17, 15) is 19.8 Å². The first-order valence-corrected chi connectivity index (χ1v) is 23.3. The average molecular weight is 896 g/mol. The number of nitrogens with one attached hydrogen (secondary N) is 1. The summed E-state index contributed by atoms with van der Waals surface area (Å²) in [5.41, 5.74) is 3.77. The van der Waals surface area contributed by atoms with E-state index in [2.05, 4.69) is 18.0 Å². The lowest BCUT2D eigenvalue weighted by Gasteiger charge is -2.60. The molecule has 0 saturated heterocycles. The molecule has 0 bridgehead atoms. The van der Waals surface area contributed by atoms with E-state index in [1.807, 2.05) is 100 Å². The molecule has 1 heterocycles. The fraction of sp³-hybridized carbons (Fsp3) is 0.519. The molecule has 1 saturated carbocycles. The maximum atomic E-state index is 14.5. The molecule has 1 aliphatic heterocycles. The highest BCUT2D eigenvalue weighted by Gasteiger charge is 2.65. The molecule has 0 aromatic heterocycles. The molecule has 352 valence electrons. The van der Waals surface area contributed by atoms with Crippen molar-refractivity contribution >= 4 is 17.9 Å². The standard InChI is InChI=1S/C52H69N3O10/c1-6-26-55(50(59)61-31-30-60-36-38-20-12-9-13-21-38)46-34-44(54-65-51(3,4)5)42-32-39(22-14-16-27-56)41(23-15-17-28-57)47-43-33-40(63-49(58)53-35-37-18-10-8-11-19-37)24-25-45(43)64-52(46,48(42)47)62-29-7-2/h7-13,18-21,24-25,32-33,39,41,46-48,56-57H,2,6,14-17,22-23,26-31,34-36H2,1,3-5H3,(H,53,58). The minimum atomic E-state index is -1.46. The summed E-state index contributed by atoms with van der Waals surface area (Å²) >= 11 is 0. The number of nitrogens with zero attached hydrogens (tertiary/aromatic N) is 2. The van der Waals surface area contributed by atoms with Crippen LogP contribution in [0.25, 0.3) is 0 Å². The summed E-state index contributed by atoms with van der Waals surface area (Å²) in [7, 11) is 0. The van der Waals surface area contributed by atoms with Gasteiger partial charge in [0.05, 0.1) is 31.5 Å². The highest BCUT2D eigenvalue weighted by atomic mass is 16.7. The number of fused-ring (bicyclic) bond motifs is 2. The Bertz CT molecular complexity index is 2050. The maximum Gasteiger partial charge on any atom is 0.412 e. The van der Waals surface area contributed by atoms with Crippen LogP contribution in [0.4, 0.5) is 9.59 Å². The van der Waals surface area contributed by atoms with Crippen LogP contribution < -0.4 is 14.8 Å². The number of aliphatic hydroxyl groups is 2. The third-order valence-corrected chi connectivity index (χ3v) is 12.2. The summed E-state index contributed by atoms with van der Waals surface area (Å²) < 4.78 is 32.2. The van der Waals surface area contributed by atoms with Crippen molar-refractivity contribution in [2.45, 2.75) is 116 Å². The number of carbonyl (C=O) groups excluding carboxylic acids is 2.